The van der Waals surface area contributed by atoms with Gasteiger partial charge in [-0.15, -0.1) is 0 Å². The van der Waals surface area contributed by atoms with Crippen molar-refractivity contribution in [2.75, 3.05) is 13.2 Å². The Morgan fingerprint density at radius 1 is 0.364 bits per heavy atom. The maximum atomic E-state index is 12.3. The summed E-state index contributed by atoms with van der Waals surface area (Å²) >= 11 is 0. The minimum Gasteiger partial charge on any atom is -0.462 e. The Balaban J connectivity index is 3.50. The average Bonchev–Trinajstić information content (AvgIpc) is 3.32. The van der Waals surface area contributed by atoms with Crippen LogP contribution >= 0.6 is 0 Å². The molecule has 5 heteroatoms. The van der Waals surface area contributed by atoms with Crippen molar-refractivity contribution in [1.29, 1.82) is 0 Å². The van der Waals surface area contributed by atoms with Gasteiger partial charge in [-0.05, 0) is 89.9 Å². The Bertz CT molecular complexity index is 1220. The molecule has 0 radical (unpaired) electrons. The third kappa shape index (κ3) is 53.7. The molecule has 0 aromatic rings. The lowest BCUT2D eigenvalue weighted by molar-refractivity contribution is -0.161. The first kappa shape index (κ1) is 63.1. The van der Waals surface area contributed by atoms with Crippen molar-refractivity contribution in [2.45, 2.75) is 277 Å². The summed E-state index contributed by atoms with van der Waals surface area (Å²) in [6.45, 7) is 4.03. The number of rotatable bonds is 51. The van der Waals surface area contributed by atoms with E-state index in [1.807, 2.05) is 0 Å². The quantitative estimate of drug-likeness (QED) is 0.0374. The van der Waals surface area contributed by atoms with Crippen LogP contribution in [0.2, 0.25) is 0 Å². The molecule has 0 aliphatic heterocycles. The van der Waals surface area contributed by atoms with Crippen LogP contribution in [-0.4, -0.2) is 36.4 Å². The van der Waals surface area contributed by atoms with E-state index in [1.54, 1.807) is 0 Å². The molecule has 380 valence electrons. The smallest absolute Gasteiger partial charge is 0.306 e. The summed E-state index contributed by atoms with van der Waals surface area (Å²) in [5.74, 6) is -0.599. The van der Waals surface area contributed by atoms with Gasteiger partial charge in [0.25, 0.3) is 0 Å². The fourth-order valence-electron chi connectivity index (χ4n) is 7.97. The van der Waals surface area contributed by atoms with E-state index in [0.717, 1.165) is 83.5 Å². The Hall–Kier alpha value is -2.92. The Morgan fingerprint density at radius 2 is 0.652 bits per heavy atom. The second kappa shape index (κ2) is 56.4. The van der Waals surface area contributed by atoms with Crippen molar-refractivity contribution in [3.63, 3.8) is 0 Å². The summed E-state index contributed by atoms with van der Waals surface area (Å²) in [7, 11) is 0. The standard InChI is InChI=1S/C61H106O5/c1-3-5-7-9-11-13-15-17-19-21-23-25-27-28-29-30-31-32-34-35-37-39-41-43-45-47-49-51-53-55-60(63)65-58-59(57-62)66-61(64)56-54-52-50-48-46-44-42-40-38-36-33-26-24-22-20-18-16-14-12-10-8-6-4-2/h6,8,12,14-15,17-18,20-21,23-24,26,36,38,59,62H,3-5,7,9-11,13,16,19,22,25,27-35,37,39-58H2,1-2H3/b8-6-,14-12-,17-15-,20-18-,23-21-,26-24-,38-36-. The fourth-order valence-corrected chi connectivity index (χ4v) is 7.97. The lowest BCUT2D eigenvalue weighted by atomic mass is 10.0. The lowest BCUT2D eigenvalue weighted by Gasteiger charge is -2.15. The zero-order chi connectivity index (χ0) is 47.7. The monoisotopic (exact) mass is 919 g/mol. The zero-order valence-electron chi connectivity index (χ0n) is 43.4. The van der Waals surface area contributed by atoms with E-state index in [1.165, 1.54) is 161 Å². The molecule has 0 spiro atoms. The van der Waals surface area contributed by atoms with Crippen LogP contribution in [0.25, 0.3) is 0 Å². The topological polar surface area (TPSA) is 72.8 Å². The lowest BCUT2D eigenvalue weighted by Crippen LogP contribution is -2.28. The summed E-state index contributed by atoms with van der Waals surface area (Å²) in [6, 6.07) is 0. The summed E-state index contributed by atoms with van der Waals surface area (Å²) < 4.78 is 10.7. The molecule has 0 saturated carbocycles. The van der Waals surface area contributed by atoms with E-state index < -0.39 is 6.10 Å². The number of carbonyl (C=O) groups excluding carboxylic acids is 2. The second-order valence-electron chi connectivity index (χ2n) is 18.6. The van der Waals surface area contributed by atoms with Crippen LogP contribution in [0.1, 0.15) is 271 Å². The van der Waals surface area contributed by atoms with Gasteiger partial charge in [0.15, 0.2) is 6.10 Å². The van der Waals surface area contributed by atoms with Crippen LogP contribution in [0, 0.1) is 0 Å². The SMILES string of the molecule is CC/C=C\C/C=C\C/C=C\C/C=C\C/C=C\CCCCCCCCCC(=O)OC(CO)COC(=O)CCCCCCCCCCCCCCCCCCC/C=C\C/C=C\CCCCCCC. The highest BCUT2D eigenvalue weighted by molar-refractivity contribution is 5.70. The molecule has 0 bridgehead atoms. The molecule has 0 amide bonds. The van der Waals surface area contributed by atoms with E-state index in [9.17, 15) is 14.7 Å². The maximum absolute atomic E-state index is 12.3. The van der Waals surface area contributed by atoms with Crippen LogP contribution in [0.15, 0.2) is 85.1 Å². The minimum absolute atomic E-state index is 0.0724. The molecule has 0 aromatic heterocycles. The summed E-state index contributed by atoms with van der Waals surface area (Å²) in [5, 5.41) is 9.65. The number of aliphatic hydroxyl groups is 1. The number of unbranched alkanes of at least 4 members (excludes halogenated alkanes) is 29. The molecule has 1 N–H and O–H groups in total. The van der Waals surface area contributed by atoms with Crippen LogP contribution in [0.5, 0.6) is 0 Å². The third-order valence-electron chi connectivity index (χ3n) is 12.2. The molecule has 0 aliphatic rings. The Labute approximate surface area is 409 Å². The third-order valence-corrected chi connectivity index (χ3v) is 12.2. The van der Waals surface area contributed by atoms with Gasteiger partial charge in [0, 0.05) is 12.8 Å². The first-order valence-corrected chi connectivity index (χ1v) is 28.1. The van der Waals surface area contributed by atoms with Gasteiger partial charge in [-0.3, -0.25) is 9.59 Å². The van der Waals surface area contributed by atoms with Gasteiger partial charge in [-0.25, -0.2) is 0 Å². The molecule has 0 aromatic carbocycles. The number of allylic oxidation sites excluding steroid dienone is 14. The molecule has 5 nitrogen and oxygen atoms in total. The highest BCUT2D eigenvalue weighted by atomic mass is 16.6. The summed E-state index contributed by atoms with van der Waals surface area (Å²) in [6.07, 6.45) is 78.4. The van der Waals surface area contributed by atoms with Crippen molar-refractivity contribution in [3.05, 3.63) is 85.1 Å². The van der Waals surface area contributed by atoms with Crippen LogP contribution in [-0.2, 0) is 19.1 Å². The molecule has 1 unspecified atom stereocenters. The van der Waals surface area contributed by atoms with Crippen molar-refractivity contribution in [1.82, 2.24) is 0 Å². The fraction of sp³-hybridized carbons (Fsp3) is 0.738. The molecule has 0 heterocycles. The molecule has 1 atom stereocenters. The van der Waals surface area contributed by atoms with E-state index in [2.05, 4.69) is 98.9 Å². The first-order chi connectivity index (χ1) is 32.6. The second-order valence-corrected chi connectivity index (χ2v) is 18.6. The highest BCUT2D eigenvalue weighted by Gasteiger charge is 2.16. The van der Waals surface area contributed by atoms with Gasteiger partial charge in [-0.1, -0.05) is 253 Å². The van der Waals surface area contributed by atoms with Crippen molar-refractivity contribution in [2.24, 2.45) is 0 Å². The number of carbonyl (C=O) groups is 2. The predicted molar refractivity (Wildman–Crippen MR) is 288 cm³/mol. The van der Waals surface area contributed by atoms with Gasteiger partial charge >= 0.3 is 11.9 Å². The molecule has 0 fully saturated rings. The molecular weight excluding hydrogens is 813 g/mol. The van der Waals surface area contributed by atoms with E-state index in [0.29, 0.717) is 12.8 Å². The molecule has 0 aliphatic carbocycles. The van der Waals surface area contributed by atoms with Crippen molar-refractivity contribution < 1.29 is 24.2 Å². The number of esters is 2. The average molecular weight is 920 g/mol. The minimum atomic E-state index is -0.783. The molecule has 0 rings (SSSR count). The van der Waals surface area contributed by atoms with Gasteiger partial charge in [0.1, 0.15) is 6.61 Å². The normalized spacial score (nSPS) is 12.8. The van der Waals surface area contributed by atoms with Crippen LogP contribution in [0.4, 0.5) is 0 Å². The Morgan fingerprint density at radius 3 is 0.985 bits per heavy atom. The number of aliphatic hydroxyl groups excluding tert-OH is 1. The number of hydrogen-bond acceptors (Lipinski definition) is 5. The molecule has 66 heavy (non-hydrogen) atoms. The largest absolute Gasteiger partial charge is 0.462 e. The first-order valence-electron chi connectivity index (χ1n) is 28.1. The van der Waals surface area contributed by atoms with Crippen molar-refractivity contribution >= 4 is 11.9 Å². The van der Waals surface area contributed by atoms with Gasteiger partial charge in [0.05, 0.1) is 6.61 Å². The van der Waals surface area contributed by atoms with Gasteiger partial charge in [0.2, 0.25) is 0 Å². The van der Waals surface area contributed by atoms with E-state index in [-0.39, 0.29) is 25.2 Å². The Kier molecular flexibility index (Phi) is 53.9. The highest BCUT2D eigenvalue weighted by Crippen LogP contribution is 2.16. The number of ether oxygens (including phenoxy) is 2. The van der Waals surface area contributed by atoms with Gasteiger partial charge < -0.3 is 14.6 Å². The van der Waals surface area contributed by atoms with E-state index >= 15 is 0 Å². The maximum Gasteiger partial charge on any atom is 0.306 e. The number of hydrogen-bond donors (Lipinski definition) is 1. The van der Waals surface area contributed by atoms with Gasteiger partial charge in [-0.2, -0.15) is 0 Å². The molecular formula is C61H106O5. The predicted octanol–water partition coefficient (Wildman–Crippen LogP) is 19.0. The summed E-state index contributed by atoms with van der Waals surface area (Å²) in [4.78, 5) is 24.5. The van der Waals surface area contributed by atoms with Crippen molar-refractivity contribution in [3.8, 4) is 0 Å². The summed E-state index contributed by atoms with van der Waals surface area (Å²) in [5.41, 5.74) is 0. The zero-order valence-corrected chi connectivity index (χ0v) is 43.4. The molecule has 0 saturated heterocycles. The van der Waals surface area contributed by atoms with Crippen LogP contribution < -0.4 is 0 Å². The van der Waals surface area contributed by atoms with E-state index in [4.69, 9.17) is 9.47 Å². The van der Waals surface area contributed by atoms with Crippen LogP contribution in [0.3, 0.4) is 0 Å².